The summed E-state index contributed by atoms with van der Waals surface area (Å²) in [6, 6.07) is 6.68. The van der Waals surface area contributed by atoms with Crippen LogP contribution in [0.5, 0.6) is 0 Å². The number of methoxy groups -OCH3 is 1. The van der Waals surface area contributed by atoms with Crippen LogP contribution >= 0.6 is 0 Å². The van der Waals surface area contributed by atoms with Gasteiger partial charge < -0.3 is 15.0 Å². The molecule has 0 amide bonds. The van der Waals surface area contributed by atoms with Crippen LogP contribution in [0.1, 0.15) is 12.8 Å². The number of rotatable bonds is 5. The lowest BCUT2D eigenvalue weighted by molar-refractivity contribution is 0.0596. The molecule has 0 unspecified atom stereocenters. The van der Waals surface area contributed by atoms with Gasteiger partial charge in [-0.1, -0.05) is 0 Å². The summed E-state index contributed by atoms with van der Waals surface area (Å²) in [5.74, 6) is -0.189. The zero-order valence-electron chi connectivity index (χ0n) is 11.8. The van der Waals surface area contributed by atoms with Crippen LogP contribution in [0, 0.1) is 11.2 Å². The molecule has 1 N–H and O–H groups in total. The minimum Gasteiger partial charge on any atom is -0.384 e. The van der Waals surface area contributed by atoms with E-state index < -0.39 is 0 Å². The summed E-state index contributed by atoms with van der Waals surface area (Å²) < 4.78 is 18.4. The van der Waals surface area contributed by atoms with Crippen molar-refractivity contribution in [3.05, 3.63) is 30.1 Å². The topological polar surface area (TPSA) is 24.5 Å². The van der Waals surface area contributed by atoms with Gasteiger partial charge in [0, 0.05) is 31.8 Å². The van der Waals surface area contributed by atoms with Crippen LogP contribution < -0.4 is 10.2 Å². The first-order valence-electron chi connectivity index (χ1n) is 6.82. The van der Waals surface area contributed by atoms with Crippen LogP contribution in [0.2, 0.25) is 0 Å². The monoisotopic (exact) mass is 266 g/mol. The molecule has 0 saturated carbocycles. The van der Waals surface area contributed by atoms with Crippen LogP contribution in [0.15, 0.2) is 24.3 Å². The van der Waals surface area contributed by atoms with Gasteiger partial charge in [-0.2, -0.15) is 0 Å². The molecule has 1 aromatic carbocycles. The lowest BCUT2D eigenvalue weighted by Crippen LogP contribution is -2.46. The highest BCUT2D eigenvalue weighted by molar-refractivity contribution is 5.45. The Kier molecular flexibility index (Phi) is 4.77. The Morgan fingerprint density at radius 2 is 1.89 bits per heavy atom. The molecule has 19 heavy (non-hydrogen) atoms. The second kappa shape index (κ2) is 6.35. The molecule has 1 heterocycles. The maximum absolute atomic E-state index is 13.0. The quantitative estimate of drug-likeness (QED) is 0.885. The van der Waals surface area contributed by atoms with E-state index in [1.807, 2.05) is 12.1 Å². The molecule has 0 radical (unpaired) electrons. The number of nitrogens with zero attached hydrogens (tertiary/aromatic N) is 1. The van der Waals surface area contributed by atoms with Crippen molar-refractivity contribution >= 4 is 5.69 Å². The van der Waals surface area contributed by atoms with Crippen LogP contribution in [0.25, 0.3) is 0 Å². The van der Waals surface area contributed by atoms with Crippen molar-refractivity contribution in [2.45, 2.75) is 12.8 Å². The van der Waals surface area contributed by atoms with E-state index in [1.165, 1.54) is 12.1 Å². The van der Waals surface area contributed by atoms with E-state index in [-0.39, 0.29) is 11.2 Å². The zero-order valence-corrected chi connectivity index (χ0v) is 11.8. The first-order chi connectivity index (χ1) is 9.15. The Labute approximate surface area is 114 Å². The van der Waals surface area contributed by atoms with E-state index >= 15 is 0 Å². The van der Waals surface area contributed by atoms with E-state index in [1.54, 1.807) is 7.11 Å². The SMILES string of the molecule is COCC1(CN(C)c2ccc(F)cc2)CCNCC1. The van der Waals surface area contributed by atoms with Gasteiger partial charge in [0.05, 0.1) is 6.61 Å². The fraction of sp³-hybridized carbons (Fsp3) is 0.600. The summed E-state index contributed by atoms with van der Waals surface area (Å²) in [6.07, 6.45) is 2.23. The molecular weight excluding hydrogens is 243 g/mol. The number of nitrogens with one attached hydrogen (secondary N) is 1. The molecule has 0 aromatic heterocycles. The van der Waals surface area contributed by atoms with Gasteiger partial charge in [-0.3, -0.25) is 0 Å². The standard InChI is InChI=1S/C15H23FN2O/c1-18(14-5-3-13(16)4-6-14)11-15(12-19-2)7-9-17-10-8-15/h3-6,17H,7-12H2,1-2H3. The molecule has 1 fully saturated rings. The molecule has 2 rings (SSSR count). The molecule has 1 aliphatic heterocycles. The first kappa shape index (κ1) is 14.3. The van der Waals surface area contributed by atoms with Gasteiger partial charge in [0.15, 0.2) is 0 Å². The van der Waals surface area contributed by atoms with E-state index in [0.717, 1.165) is 44.8 Å². The van der Waals surface area contributed by atoms with Crippen molar-refractivity contribution < 1.29 is 9.13 Å². The lowest BCUT2D eigenvalue weighted by Gasteiger charge is -2.40. The van der Waals surface area contributed by atoms with E-state index in [0.29, 0.717) is 0 Å². The number of piperidine rings is 1. The van der Waals surface area contributed by atoms with Gasteiger partial charge in [-0.25, -0.2) is 4.39 Å². The predicted octanol–water partition coefficient (Wildman–Crippen LogP) is 2.28. The van der Waals surface area contributed by atoms with Gasteiger partial charge in [-0.15, -0.1) is 0 Å². The smallest absolute Gasteiger partial charge is 0.123 e. The van der Waals surface area contributed by atoms with E-state index in [2.05, 4.69) is 17.3 Å². The molecule has 0 atom stereocenters. The Bertz CT molecular complexity index is 382. The summed E-state index contributed by atoms with van der Waals surface area (Å²) in [4.78, 5) is 2.20. The highest BCUT2D eigenvalue weighted by atomic mass is 19.1. The molecule has 4 heteroatoms. The van der Waals surface area contributed by atoms with E-state index in [9.17, 15) is 4.39 Å². The Morgan fingerprint density at radius 1 is 1.26 bits per heavy atom. The van der Waals surface area contributed by atoms with Crippen molar-refractivity contribution in [2.75, 3.05) is 45.3 Å². The van der Waals surface area contributed by atoms with Crippen molar-refractivity contribution in [1.29, 1.82) is 0 Å². The molecule has 1 aliphatic rings. The number of ether oxygens (including phenoxy) is 1. The Balaban J connectivity index is 2.05. The molecule has 3 nitrogen and oxygen atoms in total. The molecule has 1 saturated heterocycles. The fourth-order valence-electron chi connectivity index (χ4n) is 2.90. The number of anilines is 1. The third kappa shape index (κ3) is 3.67. The van der Waals surface area contributed by atoms with Crippen LogP contribution in [-0.2, 0) is 4.74 Å². The third-order valence-corrected chi connectivity index (χ3v) is 3.95. The average molecular weight is 266 g/mol. The van der Waals surface area contributed by atoms with Gasteiger partial charge >= 0.3 is 0 Å². The lowest BCUT2D eigenvalue weighted by atomic mass is 9.79. The highest BCUT2D eigenvalue weighted by Crippen LogP contribution is 2.31. The van der Waals surface area contributed by atoms with Gasteiger partial charge in [0.1, 0.15) is 5.82 Å². The minimum absolute atomic E-state index is 0.189. The first-order valence-corrected chi connectivity index (χ1v) is 6.82. The second-order valence-electron chi connectivity index (χ2n) is 5.52. The maximum atomic E-state index is 13.0. The van der Waals surface area contributed by atoms with Crippen molar-refractivity contribution in [3.8, 4) is 0 Å². The number of benzene rings is 1. The predicted molar refractivity (Wildman–Crippen MR) is 76.1 cm³/mol. The van der Waals surface area contributed by atoms with Crippen LogP contribution in [0.3, 0.4) is 0 Å². The maximum Gasteiger partial charge on any atom is 0.123 e. The van der Waals surface area contributed by atoms with Crippen molar-refractivity contribution in [2.24, 2.45) is 5.41 Å². The minimum atomic E-state index is -0.189. The normalized spacial score (nSPS) is 18.3. The molecule has 1 aromatic rings. The van der Waals surface area contributed by atoms with Crippen molar-refractivity contribution in [1.82, 2.24) is 5.32 Å². The number of hydrogen-bond donors (Lipinski definition) is 1. The third-order valence-electron chi connectivity index (χ3n) is 3.95. The molecule has 0 aliphatic carbocycles. The Morgan fingerprint density at radius 3 is 2.47 bits per heavy atom. The summed E-state index contributed by atoms with van der Waals surface area (Å²) >= 11 is 0. The average Bonchev–Trinajstić information content (AvgIpc) is 2.40. The van der Waals surface area contributed by atoms with Gasteiger partial charge in [-0.05, 0) is 50.2 Å². The highest BCUT2D eigenvalue weighted by Gasteiger charge is 2.33. The fourth-order valence-corrected chi connectivity index (χ4v) is 2.90. The van der Waals surface area contributed by atoms with E-state index in [4.69, 9.17) is 4.74 Å². The summed E-state index contributed by atoms with van der Waals surface area (Å²) in [5.41, 5.74) is 1.25. The Hall–Kier alpha value is -1.13. The number of hydrogen-bond acceptors (Lipinski definition) is 3. The summed E-state index contributed by atoms with van der Waals surface area (Å²) in [5, 5.41) is 3.39. The summed E-state index contributed by atoms with van der Waals surface area (Å²) in [6.45, 7) is 3.80. The largest absolute Gasteiger partial charge is 0.384 e. The summed E-state index contributed by atoms with van der Waals surface area (Å²) in [7, 11) is 3.83. The van der Waals surface area contributed by atoms with Crippen LogP contribution in [-0.4, -0.2) is 40.4 Å². The molecule has 0 spiro atoms. The second-order valence-corrected chi connectivity index (χ2v) is 5.52. The molecule has 0 bridgehead atoms. The zero-order chi connectivity index (χ0) is 13.7. The van der Waals surface area contributed by atoms with Crippen molar-refractivity contribution in [3.63, 3.8) is 0 Å². The molecular formula is C15H23FN2O. The molecule has 106 valence electrons. The number of halogens is 1. The van der Waals surface area contributed by atoms with Crippen LogP contribution in [0.4, 0.5) is 10.1 Å². The van der Waals surface area contributed by atoms with Gasteiger partial charge in [0.25, 0.3) is 0 Å². The van der Waals surface area contributed by atoms with Gasteiger partial charge in [0.2, 0.25) is 0 Å².